The van der Waals surface area contributed by atoms with Crippen molar-refractivity contribution in [2.75, 3.05) is 39.8 Å². The number of nitrogens with zero attached hydrogens (tertiary/aromatic N) is 7. The molecular formula is C41H46F3N7O5. The van der Waals surface area contributed by atoms with Crippen LogP contribution in [0.3, 0.4) is 0 Å². The number of ether oxygens (including phenoxy) is 2. The Bertz CT molecular complexity index is 2030. The molecule has 0 N–H and O–H groups in total. The van der Waals surface area contributed by atoms with Gasteiger partial charge >= 0.3 is 6.18 Å². The van der Waals surface area contributed by atoms with Gasteiger partial charge in [0.15, 0.2) is 0 Å². The van der Waals surface area contributed by atoms with Crippen molar-refractivity contribution in [2.24, 2.45) is 11.8 Å². The Labute approximate surface area is 323 Å². The normalized spacial score (nSPS) is 21.4. The Balaban J connectivity index is 1.17. The Kier molecular flexibility index (Phi) is 11.7. The van der Waals surface area contributed by atoms with Gasteiger partial charge in [0.2, 0.25) is 17.7 Å². The van der Waals surface area contributed by atoms with E-state index in [-0.39, 0.29) is 73.4 Å². The van der Waals surface area contributed by atoms with Crippen LogP contribution in [0.1, 0.15) is 66.2 Å². The molecule has 5 heterocycles. The second-order valence-corrected chi connectivity index (χ2v) is 14.9. The average molecular weight is 774 g/mol. The predicted molar refractivity (Wildman–Crippen MR) is 199 cm³/mol. The topological polar surface area (TPSA) is 123 Å². The van der Waals surface area contributed by atoms with E-state index in [1.54, 1.807) is 45.9 Å². The molecule has 2 aromatic carbocycles. The van der Waals surface area contributed by atoms with Crippen molar-refractivity contribution in [2.45, 2.75) is 70.5 Å². The molecule has 0 spiro atoms. The number of hydrogen-bond donors (Lipinski definition) is 0. The van der Waals surface area contributed by atoms with Crippen LogP contribution in [0.15, 0.2) is 72.9 Å². The van der Waals surface area contributed by atoms with Crippen LogP contribution in [0.2, 0.25) is 0 Å². The number of fused-ring (bicyclic) bond motifs is 8. The van der Waals surface area contributed by atoms with Crippen LogP contribution >= 0.6 is 0 Å². The molecule has 15 heteroatoms. The fraction of sp³-hybridized carbons (Fsp3) is 0.463. The molecule has 0 unspecified atom stereocenters. The van der Waals surface area contributed by atoms with E-state index in [9.17, 15) is 27.6 Å². The first-order chi connectivity index (χ1) is 26.9. The number of carbonyl (C=O) groups excluding carboxylic acids is 3. The highest BCUT2D eigenvalue weighted by molar-refractivity contribution is 5.99. The van der Waals surface area contributed by atoms with Crippen molar-refractivity contribution in [1.29, 1.82) is 0 Å². The summed E-state index contributed by atoms with van der Waals surface area (Å²) in [5, 5.41) is 8.49. The molecule has 7 rings (SSSR count). The molecule has 6 bridgehead atoms. The maximum atomic E-state index is 14.5. The van der Waals surface area contributed by atoms with E-state index in [1.165, 1.54) is 11.0 Å². The predicted octanol–water partition coefficient (Wildman–Crippen LogP) is 5.71. The van der Waals surface area contributed by atoms with Gasteiger partial charge in [0.1, 0.15) is 11.7 Å². The number of hydrogen-bond acceptors (Lipinski definition) is 8. The molecule has 56 heavy (non-hydrogen) atoms. The largest absolute Gasteiger partial charge is 0.478 e. The zero-order valence-corrected chi connectivity index (χ0v) is 31.5. The Morgan fingerprint density at radius 2 is 1.82 bits per heavy atom. The summed E-state index contributed by atoms with van der Waals surface area (Å²) in [4.78, 5) is 51.5. The molecule has 296 valence electrons. The van der Waals surface area contributed by atoms with E-state index in [2.05, 4.69) is 15.3 Å². The van der Waals surface area contributed by atoms with Crippen LogP contribution in [0.4, 0.5) is 13.2 Å². The number of benzene rings is 2. The smallest absolute Gasteiger partial charge is 0.416 e. The maximum Gasteiger partial charge on any atom is 0.416 e. The number of piperidine rings is 1. The SMILES string of the molecule is CCCN(C)C(=O)C[C@@H]1CCN2C[C@@H]1CCOc1cc(C(F)(F)F)cc(n1)-c1cccc(c1)C(=O)N1C[C@H](OCc3cn(Cc4ccccc4)nn3)C[C@H]1C2=O. The van der Waals surface area contributed by atoms with Gasteiger partial charge in [0, 0.05) is 63.3 Å². The summed E-state index contributed by atoms with van der Waals surface area (Å²) in [6.07, 6.45) is -1.09. The molecule has 0 aliphatic carbocycles. The van der Waals surface area contributed by atoms with Crippen molar-refractivity contribution >= 4 is 17.7 Å². The summed E-state index contributed by atoms with van der Waals surface area (Å²) < 4.78 is 56.3. The molecule has 12 nitrogen and oxygen atoms in total. The van der Waals surface area contributed by atoms with Gasteiger partial charge in [-0.3, -0.25) is 14.4 Å². The monoisotopic (exact) mass is 773 g/mol. The third-order valence-electron chi connectivity index (χ3n) is 10.9. The van der Waals surface area contributed by atoms with Gasteiger partial charge in [-0.15, -0.1) is 5.10 Å². The highest BCUT2D eigenvalue weighted by atomic mass is 19.4. The highest BCUT2D eigenvalue weighted by Crippen LogP contribution is 2.36. The first-order valence-corrected chi connectivity index (χ1v) is 19.2. The summed E-state index contributed by atoms with van der Waals surface area (Å²) in [6, 6.07) is 17.1. The molecule has 3 aliphatic rings. The number of pyridine rings is 1. The molecule has 2 saturated heterocycles. The van der Waals surface area contributed by atoms with E-state index in [1.807, 2.05) is 37.3 Å². The Morgan fingerprint density at radius 3 is 2.61 bits per heavy atom. The van der Waals surface area contributed by atoms with E-state index < -0.39 is 29.8 Å². The van der Waals surface area contributed by atoms with Crippen LogP contribution < -0.4 is 4.74 Å². The molecule has 4 atom stereocenters. The van der Waals surface area contributed by atoms with Crippen LogP contribution in [0.25, 0.3) is 11.3 Å². The first kappa shape index (κ1) is 38.9. The summed E-state index contributed by atoms with van der Waals surface area (Å²) >= 11 is 0. The number of alkyl halides is 3. The minimum atomic E-state index is -4.67. The standard InChI is InChI=1S/C41H46F3N7O5/c1-3-14-48(2)38(52)18-28-12-15-49-23-31(28)13-16-55-37-20-32(41(42,43)44)19-35(45-37)29-10-7-11-30(17-29)39(53)51-25-34(21-36(51)40(49)54)56-26-33-24-50(47-46-33)22-27-8-5-4-6-9-27/h4-11,17,19-20,24,28,31,34,36H,3,12-16,18,21-23,25-26H2,1-2H3/t28-,31-,34+,36-/m0/s1. The molecule has 3 aliphatic heterocycles. The summed E-state index contributed by atoms with van der Waals surface area (Å²) in [7, 11) is 1.77. The van der Waals surface area contributed by atoms with Crippen LogP contribution in [-0.4, -0.2) is 104 Å². The van der Waals surface area contributed by atoms with E-state index in [0.29, 0.717) is 50.3 Å². The van der Waals surface area contributed by atoms with Crippen molar-refractivity contribution in [3.05, 3.63) is 95.3 Å². The van der Waals surface area contributed by atoms with E-state index in [0.717, 1.165) is 24.1 Å². The van der Waals surface area contributed by atoms with Gasteiger partial charge in [0.05, 0.1) is 43.3 Å². The number of aromatic nitrogens is 4. The van der Waals surface area contributed by atoms with Gasteiger partial charge in [-0.25, -0.2) is 9.67 Å². The van der Waals surface area contributed by atoms with Crippen molar-refractivity contribution in [1.82, 2.24) is 34.7 Å². The fourth-order valence-corrected chi connectivity index (χ4v) is 7.94. The number of amides is 3. The lowest BCUT2D eigenvalue weighted by atomic mass is 9.80. The number of carbonyl (C=O) groups is 3. The summed E-state index contributed by atoms with van der Waals surface area (Å²) in [6.45, 7) is 4.15. The van der Waals surface area contributed by atoms with Gasteiger partial charge in [0.25, 0.3) is 5.91 Å². The molecule has 4 aromatic rings. The van der Waals surface area contributed by atoms with E-state index >= 15 is 0 Å². The number of halogens is 3. The molecule has 0 radical (unpaired) electrons. The molecule has 0 saturated carbocycles. The number of rotatable bonds is 9. The van der Waals surface area contributed by atoms with Gasteiger partial charge in [-0.05, 0) is 54.9 Å². The van der Waals surface area contributed by atoms with Gasteiger partial charge in [-0.1, -0.05) is 54.6 Å². The quantitative estimate of drug-likeness (QED) is 0.212. The maximum absolute atomic E-state index is 14.5. The minimum Gasteiger partial charge on any atom is -0.478 e. The lowest BCUT2D eigenvalue weighted by Gasteiger charge is -2.40. The Hall–Kier alpha value is -5.31. The zero-order valence-electron chi connectivity index (χ0n) is 31.5. The van der Waals surface area contributed by atoms with Crippen molar-refractivity contribution < 1.29 is 37.0 Å². The zero-order chi connectivity index (χ0) is 39.4. The van der Waals surface area contributed by atoms with Gasteiger partial charge in [-0.2, -0.15) is 13.2 Å². The second-order valence-electron chi connectivity index (χ2n) is 14.9. The second kappa shape index (κ2) is 16.8. The summed E-state index contributed by atoms with van der Waals surface area (Å²) in [5.74, 6) is -1.11. The van der Waals surface area contributed by atoms with Crippen molar-refractivity contribution in [3.8, 4) is 17.1 Å². The highest BCUT2D eigenvalue weighted by Gasteiger charge is 2.44. The first-order valence-electron chi connectivity index (χ1n) is 19.2. The minimum absolute atomic E-state index is 0.00147. The molecule has 2 fully saturated rings. The van der Waals surface area contributed by atoms with Gasteiger partial charge < -0.3 is 24.2 Å². The van der Waals surface area contributed by atoms with Crippen molar-refractivity contribution in [3.63, 3.8) is 0 Å². The molecule has 3 amide bonds. The molecule has 2 aromatic heterocycles. The average Bonchev–Trinajstić information content (AvgIpc) is 3.84. The van der Waals surface area contributed by atoms with Crippen LogP contribution in [0, 0.1) is 11.8 Å². The molecular weight excluding hydrogens is 727 g/mol. The summed E-state index contributed by atoms with van der Waals surface area (Å²) in [5.41, 5.74) is 1.24. The van der Waals surface area contributed by atoms with E-state index in [4.69, 9.17) is 9.47 Å². The third-order valence-corrected chi connectivity index (χ3v) is 10.9. The lowest BCUT2D eigenvalue weighted by molar-refractivity contribution is -0.139. The fourth-order valence-electron chi connectivity index (χ4n) is 7.94. The van der Waals surface area contributed by atoms with Crippen LogP contribution in [-0.2, 0) is 33.7 Å². The lowest BCUT2D eigenvalue weighted by Crippen LogP contribution is -2.52. The Morgan fingerprint density at radius 1 is 1.02 bits per heavy atom. The van der Waals surface area contributed by atoms with Crippen LogP contribution in [0.5, 0.6) is 5.88 Å². The third kappa shape index (κ3) is 9.04.